The molecule has 1 heterocycles. The summed E-state index contributed by atoms with van der Waals surface area (Å²) >= 11 is 0. The van der Waals surface area contributed by atoms with Gasteiger partial charge in [-0.25, -0.2) is 9.37 Å². The number of hydrogen-bond donors (Lipinski definition) is 1. The molecule has 0 saturated heterocycles. The number of pyridine rings is 1. The Balaban J connectivity index is 2.21. The van der Waals surface area contributed by atoms with Crippen LogP contribution in [0.4, 0.5) is 10.1 Å². The number of hydrogen-bond acceptors (Lipinski definition) is 3. The highest BCUT2D eigenvalue weighted by atomic mass is 19.1. The molecule has 4 nitrogen and oxygen atoms in total. The van der Waals surface area contributed by atoms with Gasteiger partial charge in [-0.15, -0.1) is 0 Å². The Morgan fingerprint density at radius 2 is 2.05 bits per heavy atom. The summed E-state index contributed by atoms with van der Waals surface area (Å²) in [4.78, 5) is 15.9. The van der Waals surface area contributed by atoms with Crippen LogP contribution >= 0.6 is 0 Å². The van der Waals surface area contributed by atoms with Crippen molar-refractivity contribution in [2.24, 2.45) is 0 Å². The van der Waals surface area contributed by atoms with Crippen LogP contribution in [0.2, 0.25) is 0 Å². The number of nitrogens with zero attached hydrogens (tertiary/aromatic N) is 2. The van der Waals surface area contributed by atoms with Crippen molar-refractivity contribution in [2.75, 3.05) is 5.32 Å². The van der Waals surface area contributed by atoms with Crippen LogP contribution in [0.1, 0.15) is 21.6 Å². The molecule has 0 saturated carbocycles. The normalized spacial score (nSPS) is 9.74. The summed E-state index contributed by atoms with van der Waals surface area (Å²) in [5.41, 5.74) is 1.73. The van der Waals surface area contributed by atoms with Crippen LogP contribution in [0.15, 0.2) is 36.5 Å². The summed E-state index contributed by atoms with van der Waals surface area (Å²) in [6.45, 7) is 1.70. The van der Waals surface area contributed by atoms with Crippen molar-refractivity contribution in [3.8, 4) is 6.07 Å². The third-order valence-electron chi connectivity index (χ3n) is 2.52. The van der Waals surface area contributed by atoms with Gasteiger partial charge >= 0.3 is 0 Å². The second kappa shape index (κ2) is 5.27. The Kier molecular flexibility index (Phi) is 3.53. The average Bonchev–Trinajstić information content (AvgIpc) is 2.41. The molecule has 2 rings (SSSR count). The summed E-state index contributed by atoms with van der Waals surface area (Å²) in [5, 5.41) is 11.3. The van der Waals surface area contributed by atoms with Crippen molar-refractivity contribution in [3.05, 3.63) is 59.2 Å². The van der Waals surface area contributed by atoms with E-state index in [4.69, 9.17) is 5.26 Å². The molecule has 0 unspecified atom stereocenters. The molecular weight excluding hydrogens is 245 g/mol. The zero-order chi connectivity index (χ0) is 13.8. The molecule has 0 aliphatic heterocycles. The van der Waals surface area contributed by atoms with Gasteiger partial charge in [-0.05, 0) is 42.8 Å². The molecule has 94 valence electrons. The van der Waals surface area contributed by atoms with E-state index in [0.29, 0.717) is 16.8 Å². The number of carbonyl (C=O) groups is 1. The molecule has 1 N–H and O–H groups in total. The minimum Gasteiger partial charge on any atom is -0.321 e. The SMILES string of the molecule is Cc1cc(C#N)cnc1C(=O)Nc1ccc(F)cc1. The molecule has 0 atom stereocenters. The first-order valence-corrected chi connectivity index (χ1v) is 5.54. The Bertz CT molecular complexity index is 659. The Morgan fingerprint density at radius 3 is 2.63 bits per heavy atom. The second-order valence-corrected chi connectivity index (χ2v) is 3.96. The van der Waals surface area contributed by atoms with Crippen LogP contribution in [0.25, 0.3) is 0 Å². The fourth-order valence-corrected chi connectivity index (χ4v) is 1.60. The lowest BCUT2D eigenvalue weighted by atomic mass is 10.1. The van der Waals surface area contributed by atoms with E-state index in [1.807, 2.05) is 6.07 Å². The standard InChI is InChI=1S/C14H10FN3O/c1-9-6-10(7-16)8-17-13(9)14(19)18-12-4-2-11(15)3-5-12/h2-6,8H,1H3,(H,18,19). The number of amides is 1. The van der Waals surface area contributed by atoms with Crippen molar-refractivity contribution in [3.63, 3.8) is 0 Å². The van der Waals surface area contributed by atoms with E-state index in [1.54, 1.807) is 13.0 Å². The highest BCUT2D eigenvalue weighted by Gasteiger charge is 2.11. The molecule has 0 bridgehead atoms. The van der Waals surface area contributed by atoms with E-state index in [-0.39, 0.29) is 11.5 Å². The van der Waals surface area contributed by atoms with Gasteiger partial charge in [0.15, 0.2) is 0 Å². The third kappa shape index (κ3) is 2.93. The first kappa shape index (κ1) is 12.7. The third-order valence-corrected chi connectivity index (χ3v) is 2.52. The van der Waals surface area contributed by atoms with Crippen LogP contribution < -0.4 is 5.32 Å². The molecule has 1 aromatic carbocycles. The minimum absolute atomic E-state index is 0.239. The van der Waals surface area contributed by atoms with Gasteiger partial charge in [0.2, 0.25) is 0 Å². The molecule has 5 heteroatoms. The smallest absolute Gasteiger partial charge is 0.274 e. The number of carbonyl (C=O) groups excluding carboxylic acids is 1. The molecule has 0 aliphatic carbocycles. The monoisotopic (exact) mass is 255 g/mol. The number of rotatable bonds is 2. The van der Waals surface area contributed by atoms with E-state index in [0.717, 1.165) is 0 Å². The maximum atomic E-state index is 12.7. The molecule has 1 amide bonds. The quantitative estimate of drug-likeness (QED) is 0.897. The highest BCUT2D eigenvalue weighted by molar-refractivity contribution is 6.03. The summed E-state index contributed by atoms with van der Waals surface area (Å²) < 4.78 is 12.7. The summed E-state index contributed by atoms with van der Waals surface area (Å²) in [5.74, 6) is -0.765. The van der Waals surface area contributed by atoms with Gasteiger partial charge in [0.05, 0.1) is 5.56 Å². The number of aryl methyl sites for hydroxylation is 1. The second-order valence-electron chi connectivity index (χ2n) is 3.96. The topological polar surface area (TPSA) is 65.8 Å². The molecule has 0 spiro atoms. The van der Waals surface area contributed by atoms with Crippen LogP contribution in [0.5, 0.6) is 0 Å². The molecular formula is C14H10FN3O. The average molecular weight is 255 g/mol. The number of halogens is 1. The van der Waals surface area contributed by atoms with E-state index in [9.17, 15) is 9.18 Å². The fraction of sp³-hybridized carbons (Fsp3) is 0.0714. The predicted molar refractivity (Wildman–Crippen MR) is 68.0 cm³/mol. The number of nitriles is 1. The molecule has 19 heavy (non-hydrogen) atoms. The van der Waals surface area contributed by atoms with Crippen molar-refractivity contribution < 1.29 is 9.18 Å². The minimum atomic E-state index is -0.395. The predicted octanol–water partition coefficient (Wildman–Crippen LogP) is 2.65. The van der Waals surface area contributed by atoms with Crippen LogP contribution in [-0.2, 0) is 0 Å². The van der Waals surface area contributed by atoms with Gasteiger partial charge in [-0.2, -0.15) is 5.26 Å². The Morgan fingerprint density at radius 1 is 1.37 bits per heavy atom. The van der Waals surface area contributed by atoms with Crippen molar-refractivity contribution >= 4 is 11.6 Å². The lowest BCUT2D eigenvalue weighted by molar-refractivity contribution is 0.102. The van der Waals surface area contributed by atoms with E-state index < -0.39 is 5.91 Å². The van der Waals surface area contributed by atoms with Gasteiger partial charge in [0.1, 0.15) is 17.6 Å². The van der Waals surface area contributed by atoms with Crippen LogP contribution in [0.3, 0.4) is 0 Å². The van der Waals surface area contributed by atoms with Gasteiger partial charge in [0, 0.05) is 11.9 Å². The molecule has 1 aromatic heterocycles. The maximum Gasteiger partial charge on any atom is 0.274 e. The van der Waals surface area contributed by atoms with Gasteiger partial charge in [-0.1, -0.05) is 0 Å². The van der Waals surface area contributed by atoms with Crippen LogP contribution in [-0.4, -0.2) is 10.9 Å². The summed E-state index contributed by atoms with van der Waals surface area (Å²) in [6, 6.07) is 8.99. The number of nitrogens with one attached hydrogen (secondary N) is 1. The zero-order valence-corrected chi connectivity index (χ0v) is 10.1. The number of benzene rings is 1. The van der Waals surface area contributed by atoms with E-state index >= 15 is 0 Å². The van der Waals surface area contributed by atoms with Crippen molar-refractivity contribution in [2.45, 2.75) is 6.92 Å². The summed E-state index contributed by atoms with van der Waals surface area (Å²) in [6.07, 6.45) is 1.34. The zero-order valence-electron chi connectivity index (χ0n) is 10.1. The lowest BCUT2D eigenvalue weighted by Crippen LogP contribution is -2.15. The van der Waals surface area contributed by atoms with Crippen molar-refractivity contribution in [1.82, 2.24) is 4.98 Å². The van der Waals surface area contributed by atoms with Crippen molar-refractivity contribution in [1.29, 1.82) is 5.26 Å². The lowest BCUT2D eigenvalue weighted by Gasteiger charge is -2.06. The fourth-order valence-electron chi connectivity index (χ4n) is 1.60. The highest BCUT2D eigenvalue weighted by Crippen LogP contribution is 2.12. The van der Waals surface area contributed by atoms with Crippen LogP contribution in [0, 0.1) is 24.1 Å². The molecule has 0 radical (unpaired) electrons. The van der Waals surface area contributed by atoms with E-state index in [1.165, 1.54) is 30.5 Å². The first-order valence-electron chi connectivity index (χ1n) is 5.54. The maximum absolute atomic E-state index is 12.7. The summed E-state index contributed by atoms with van der Waals surface area (Å²) in [7, 11) is 0. The molecule has 0 fully saturated rings. The van der Waals surface area contributed by atoms with Gasteiger partial charge < -0.3 is 5.32 Å². The van der Waals surface area contributed by atoms with E-state index in [2.05, 4.69) is 10.3 Å². The Hall–Kier alpha value is -2.74. The van der Waals surface area contributed by atoms with Gasteiger partial charge in [-0.3, -0.25) is 4.79 Å². The number of anilines is 1. The van der Waals surface area contributed by atoms with Gasteiger partial charge in [0.25, 0.3) is 5.91 Å². The largest absolute Gasteiger partial charge is 0.321 e. The molecule has 0 aliphatic rings. The first-order chi connectivity index (χ1) is 9.10. The number of aromatic nitrogens is 1. The Labute approximate surface area is 109 Å². The molecule has 2 aromatic rings.